The zero-order chi connectivity index (χ0) is 15.9. The van der Waals surface area contributed by atoms with Gasteiger partial charge in [0.15, 0.2) is 0 Å². The molecule has 2 heterocycles. The Morgan fingerprint density at radius 1 is 1.27 bits per heavy atom. The minimum atomic E-state index is -0.620. The third-order valence-electron chi connectivity index (χ3n) is 5.31. The highest BCUT2D eigenvalue weighted by molar-refractivity contribution is 5.90. The third-order valence-corrected chi connectivity index (χ3v) is 5.31. The largest absolute Gasteiger partial charge is 0.368 e. The first kappa shape index (κ1) is 15.3. The van der Waals surface area contributed by atoms with Crippen LogP contribution in [0, 0.1) is 5.92 Å². The summed E-state index contributed by atoms with van der Waals surface area (Å²) in [7, 11) is 3.17. The summed E-state index contributed by atoms with van der Waals surface area (Å²) in [6, 6.07) is 0.0417. The van der Waals surface area contributed by atoms with Gasteiger partial charge in [-0.15, -0.1) is 0 Å². The normalized spacial score (nSPS) is 27.4. The van der Waals surface area contributed by atoms with Crippen molar-refractivity contribution in [2.75, 3.05) is 33.8 Å². The van der Waals surface area contributed by atoms with E-state index in [9.17, 15) is 14.4 Å². The van der Waals surface area contributed by atoms with E-state index in [1.54, 1.807) is 24.0 Å². The molecular weight excluding hydrogens is 286 g/mol. The lowest BCUT2D eigenvalue weighted by Crippen LogP contribution is -2.66. The molecule has 1 unspecified atom stereocenters. The third kappa shape index (κ3) is 2.27. The van der Waals surface area contributed by atoms with Gasteiger partial charge < -0.3 is 19.9 Å². The van der Waals surface area contributed by atoms with Crippen molar-refractivity contribution in [3.05, 3.63) is 0 Å². The summed E-state index contributed by atoms with van der Waals surface area (Å²) in [6.45, 7) is 1.56. The lowest BCUT2D eigenvalue weighted by Gasteiger charge is -2.49. The molecule has 0 aromatic rings. The van der Waals surface area contributed by atoms with Crippen LogP contribution in [0.3, 0.4) is 0 Å². The van der Waals surface area contributed by atoms with Crippen LogP contribution in [0.4, 0.5) is 0 Å². The highest BCUT2D eigenvalue weighted by Gasteiger charge is 2.51. The van der Waals surface area contributed by atoms with E-state index in [1.807, 2.05) is 0 Å². The molecule has 2 aliphatic heterocycles. The Hall–Kier alpha value is -1.63. The van der Waals surface area contributed by atoms with Crippen LogP contribution in [0.25, 0.3) is 0 Å². The number of carbonyl (C=O) groups excluding carboxylic acids is 3. The lowest BCUT2D eigenvalue weighted by atomic mass is 9.78. The Labute approximate surface area is 129 Å². The van der Waals surface area contributed by atoms with Gasteiger partial charge in [-0.25, -0.2) is 0 Å². The van der Waals surface area contributed by atoms with E-state index in [0.717, 1.165) is 19.3 Å². The van der Waals surface area contributed by atoms with Gasteiger partial charge in [-0.1, -0.05) is 0 Å². The number of hydrogen-bond donors (Lipinski definition) is 1. The molecule has 0 bridgehead atoms. The predicted octanol–water partition coefficient (Wildman–Crippen LogP) is -0.639. The molecule has 3 aliphatic rings. The number of amides is 3. The molecule has 0 aromatic heterocycles. The summed E-state index contributed by atoms with van der Waals surface area (Å²) < 4.78 is 5.41. The second kappa shape index (κ2) is 5.53. The van der Waals surface area contributed by atoms with Crippen LogP contribution in [0.2, 0.25) is 0 Å². The molecule has 7 nitrogen and oxygen atoms in total. The average molecular weight is 309 g/mol. The average Bonchev–Trinajstić information content (AvgIpc) is 2.78. The van der Waals surface area contributed by atoms with Crippen LogP contribution in [0.5, 0.6) is 0 Å². The molecule has 2 saturated heterocycles. The minimum Gasteiger partial charge on any atom is -0.368 e. The van der Waals surface area contributed by atoms with Crippen molar-refractivity contribution in [2.45, 2.75) is 37.3 Å². The maximum absolute atomic E-state index is 12.5. The van der Waals surface area contributed by atoms with Gasteiger partial charge in [-0.3, -0.25) is 14.4 Å². The van der Waals surface area contributed by atoms with E-state index >= 15 is 0 Å². The Balaban J connectivity index is 1.54. The second-order valence-electron chi connectivity index (χ2n) is 6.48. The first-order chi connectivity index (χ1) is 10.5. The Bertz CT molecular complexity index is 492. The van der Waals surface area contributed by atoms with E-state index in [-0.39, 0.29) is 36.1 Å². The summed E-state index contributed by atoms with van der Waals surface area (Å²) in [5.41, 5.74) is -0.620. The monoisotopic (exact) mass is 309 g/mol. The number of methoxy groups -OCH3 is 1. The zero-order valence-corrected chi connectivity index (χ0v) is 13.1. The van der Waals surface area contributed by atoms with Gasteiger partial charge in [0.2, 0.25) is 11.8 Å². The maximum Gasteiger partial charge on any atom is 0.254 e. The number of likely N-dealkylation sites (tertiary alicyclic amines) is 2. The summed E-state index contributed by atoms with van der Waals surface area (Å²) in [5.74, 6) is -0.294. The quantitative estimate of drug-likeness (QED) is 0.749. The minimum absolute atomic E-state index is 0.01000. The summed E-state index contributed by atoms with van der Waals surface area (Å²) in [6.07, 6.45) is 2.86. The number of carbonyl (C=O) groups is 3. The lowest BCUT2D eigenvalue weighted by molar-refractivity contribution is -0.174. The van der Waals surface area contributed by atoms with Crippen LogP contribution in [-0.4, -0.2) is 73.0 Å². The molecule has 1 saturated carbocycles. The molecule has 0 radical (unpaired) electrons. The summed E-state index contributed by atoms with van der Waals surface area (Å²) >= 11 is 0. The molecule has 0 aromatic carbocycles. The van der Waals surface area contributed by atoms with E-state index in [1.165, 1.54) is 0 Å². The molecular formula is C15H23N3O4. The van der Waals surface area contributed by atoms with Crippen LogP contribution < -0.4 is 5.32 Å². The molecule has 3 fully saturated rings. The number of rotatable bonds is 4. The molecule has 7 heteroatoms. The second-order valence-corrected chi connectivity index (χ2v) is 6.48. The molecule has 22 heavy (non-hydrogen) atoms. The molecule has 1 aliphatic carbocycles. The number of ether oxygens (including phenoxy) is 1. The summed E-state index contributed by atoms with van der Waals surface area (Å²) in [4.78, 5) is 39.7. The van der Waals surface area contributed by atoms with Gasteiger partial charge in [0.05, 0.1) is 12.0 Å². The van der Waals surface area contributed by atoms with Crippen LogP contribution in [0.15, 0.2) is 0 Å². The smallest absolute Gasteiger partial charge is 0.254 e. The molecule has 0 spiro atoms. The summed E-state index contributed by atoms with van der Waals surface area (Å²) in [5, 5.41) is 2.59. The molecule has 1 N–H and O–H groups in total. The van der Waals surface area contributed by atoms with Gasteiger partial charge in [-0.05, 0) is 19.3 Å². The van der Waals surface area contributed by atoms with Crippen LogP contribution in [0.1, 0.15) is 25.7 Å². The maximum atomic E-state index is 12.5. The molecule has 122 valence electrons. The number of hydrogen-bond acceptors (Lipinski definition) is 4. The fourth-order valence-electron chi connectivity index (χ4n) is 3.57. The van der Waals surface area contributed by atoms with Crippen molar-refractivity contribution < 1.29 is 19.1 Å². The van der Waals surface area contributed by atoms with Gasteiger partial charge in [0, 0.05) is 40.2 Å². The Kier molecular flexibility index (Phi) is 3.84. The van der Waals surface area contributed by atoms with Gasteiger partial charge in [0.25, 0.3) is 5.91 Å². The van der Waals surface area contributed by atoms with Crippen molar-refractivity contribution in [1.29, 1.82) is 0 Å². The topological polar surface area (TPSA) is 79.0 Å². The first-order valence-electron chi connectivity index (χ1n) is 7.86. The fraction of sp³-hybridized carbons (Fsp3) is 0.800. The van der Waals surface area contributed by atoms with Crippen LogP contribution in [-0.2, 0) is 19.1 Å². The molecule has 1 atom stereocenters. The van der Waals surface area contributed by atoms with Gasteiger partial charge >= 0.3 is 0 Å². The van der Waals surface area contributed by atoms with Gasteiger partial charge in [0.1, 0.15) is 5.60 Å². The van der Waals surface area contributed by atoms with Gasteiger partial charge in [-0.2, -0.15) is 0 Å². The molecule has 3 rings (SSSR count). The highest BCUT2D eigenvalue weighted by atomic mass is 16.5. The Morgan fingerprint density at radius 2 is 1.95 bits per heavy atom. The van der Waals surface area contributed by atoms with Crippen molar-refractivity contribution in [1.82, 2.24) is 15.1 Å². The van der Waals surface area contributed by atoms with Crippen molar-refractivity contribution in [3.8, 4) is 0 Å². The fourth-order valence-corrected chi connectivity index (χ4v) is 3.57. The van der Waals surface area contributed by atoms with E-state index < -0.39 is 5.60 Å². The standard InChI is InChI=1S/C15H23N3O4/c1-16-13(20)10-6-12(19)18(7-10)11-8-17(9-11)14(21)15(22-2)4-3-5-15/h10-11H,3-9H2,1-2H3,(H,16,20). The SMILES string of the molecule is CNC(=O)C1CC(=O)N(C2CN(C(=O)C3(OC)CCC3)C2)C1. The highest BCUT2D eigenvalue weighted by Crippen LogP contribution is 2.38. The zero-order valence-electron chi connectivity index (χ0n) is 13.1. The van der Waals surface area contributed by atoms with Crippen molar-refractivity contribution in [2.24, 2.45) is 5.92 Å². The van der Waals surface area contributed by atoms with E-state index in [4.69, 9.17) is 4.74 Å². The van der Waals surface area contributed by atoms with E-state index in [0.29, 0.717) is 19.6 Å². The predicted molar refractivity (Wildman–Crippen MR) is 77.8 cm³/mol. The number of nitrogens with one attached hydrogen (secondary N) is 1. The van der Waals surface area contributed by atoms with Crippen molar-refractivity contribution >= 4 is 17.7 Å². The van der Waals surface area contributed by atoms with Crippen molar-refractivity contribution in [3.63, 3.8) is 0 Å². The molecule has 3 amide bonds. The first-order valence-corrected chi connectivity index (χ1v) is 7.86. The Morgan fingerprint density at radius 3 is 2.45 bits per heavy atom. The van der Waals surface area contributed by atoms with E-state index in [2.05, 4.69) is 5.32 Å². The van der Waals surface area contributed by atoms with Crippen LogP contribution >= 0.6 is 0 Å². The number of nitrogens with zero attached hydrogens (tertiary/aromatic N) is 2.